The molecular weight excluding hydrogens is 178 g/mol. The molecule has 13 heavy (non-hydrogen) atoms. The molecule has 1 N–H and O–H groups in total. The maximum atomic E-state index is 11.7. The van der Waals surface area contributed by atoms with Crippen molar-refractivity contribution in [1.82, 2.24) is 9.88 Å². The minimum absolute atomic E-state index is 0.220. The van der Waals surface area contributed by atoms with Gasteiger partial charge in [0.1, 0.15) is 0 Å². The van der Waals surface area contributed by atoms with Crippen molar-refractivity contribution in [2.24, 2.45) is 0 Å². The summed E-state index contributed by atoms with van der Waals surface area (Å²) in [4.78, 5) is 10.4. The average molecular weight is 188 g/mol. The second-order valence-electron chi connectivity index (χ2n) is 2.51. The molecule has 0 spiro atoms. The number of hydrogen-bond acceptors (Lipinski definition) is 1. The van der Waals surface area contributed by atoms with Crippen molar-refractivity contribution in [1.29, 1.82) is 0 Å². The number of nitrogens with zero attached hydrogens (tertiary/aromatic N) is 1. The summed E-state index contributed by atoms with van der Waals surface area (Å²) in [6.07, 6.45) is 0.674. The van der Waals surface area contributed by atoms with Gasteiger partial charge in [0.05, 0.1) is 0 Å². The Morgan fingerprint density at radius 3 is 2.54 bits per heavy atom. The molecule has 5 heteroatoms. The number of carbonyl (C=O) groups excluding carboxylic acids is 1. The van der Waals surface area contributed by atoms with Gasteiger partial charge < -0.3 is 9.88 Å². The van der Waals surface area contributed by atoms with E-state index < -0.39 is 12.3 Å². The van der Waals surface area contributed by atoms with Gasteiger partial charge in [0, 0.05) is 25.5 Å². The fourth-order valence-corrected chi connectivity index (χ4v) is 0.905. The molecule has 0 atom stereocenters. The topological polar surface area (TPSA) is 34.0 Å². The summed E-state index contributed by atoms with van der Waals surface area (Å²) >= 11 is 0. The molecule has 0 bridgehead atoms. The first kappa shape index (κ1) is 9.70. The normalized spacial score (nSPS) is 10.4. The maximum Gasteiger partial charge on any atom is 0.315 e. The summed E-state index contributed by atoms with van der Waals surface area (Å²) in [5, 5.41) is 2.11. The molecular formula is C8H10F2N2O. The molecule has 0 aliphatic carbocycles. The van der Waals surface area contributed by atoms with Gasteiger partial charge in [0.2, 0.25) is 0 Å². The van der Waals surface area contributed by atoms with Gasteiger partial charge in [0.15, 0.2) is 0 Å². The van der Waals surface area contributed by atoms with Gasteiger partial charge in [-0.2, -0.15) is 8.78 Å². The van der Waals surface area contributed by atoms with Gasteiger partial charge in [-0.25, -0.2) is 0 Å². The van der Waals surface area contributed by atoms with Crippen LogP contribution in [0.15, 0.2) is 24.5 Å². The lowest BCUT2D eigenvalue weighted by atomic mass is 10.5. The van der Waals surface area contributed by atoms with Gasteiger partial charge in [-0.3, -0.25) is 4.79 Å². The highest BCUT2D eigenvalue weighted by Crippen LogP contribution is 1.91. The van der Waals surface area contributed by atoms with Crippen LogP contribution < -0.4 is 5.32 Å². The minimum Gasteiger partial charge on any atom is -0.353 e. The van der Waals surface area contributed by atoms with E-state index in [1.807, 2.05) is 12.1 Å². The van der Waals surface area contributed by atoms with Crippen molar-refractivity contribution < 1.29 is 13.6 Å². The highest BCUT2D eigenvalue weighted by atomic mass is 19.3. The van der Waals surface area contributed by atoms with Crippen molar-refractivity contribution in [2.75, 3.05) is 6.54 Å². The van der Waals surface area contributed by atoms with Crippen LogP contribution in [0, 0.1) is 0 Å². The summed E-state index contributed by atoms with van der Waals surface area (Å²) in [7, 11) is 0. The smallest absolute Gasteiger partial charge is 0.315 e. The summed E-state index contributed by atoms with van der Waals surface area (Å²) in [5.41, 5.74) is 0. The van der Waals surface area contributed by atoms with Crippen LogP contribution in [-0.2, 0) is 11.3 Å². The summed E-state index contributed by atoms with van der Waals surface area (Å²) in [6.45, 7) is 0.726. The monoisotopic (exact) mass is 188 g/mol. The fraction of sp³-hybridized carbons (Fsp3) is 0.375. The number of carbonyl (C=O) groups is 1. The van der Waals surface area contributed by atoms with E-state index in [0.29, 0.717) is 6.54 Å². The first-order valence-electron chi connectivity index (χ1n) is 3.87. The van der Waals surface area contributed by atoms with E-state index in [1.54, 1.807) is 17.0 Å². The SMILES string of the molecule is O=C(NCCn1cccc1)C(F)F. The van der Waals surface area contributed by atoms with Crippen molar-refractivity contribution in [3.05, 3.63) is 24.5 Å². The molecule has 1 heterocycles. The Hall–Kier alpha value is -1.39. The van der Waals surface area contributed by atoms with Gasteiger partial charge in [-0.15, -0.1) is 0 Å². The molecule has 0 aliphatic heterocycles. The molecule has 0 fully saturated rings. The Bertz CT molecular complexity index is 259. The van der Waals surface area contributed by atoms with Crippen molar-refractivity contribution in [2.45, 2.75) is 13.0 Å². The van der Waals surface area contributed by atoms with E-state index in [-0.39, 0.29) is 6.54 Å². The second kappa shape index (κ2) is 4.59. The molecule has 0 saturated heterocycles. The predicted octanol–water partition coefficient (Wildman–Crippen LogP) is 0.869. The van der Waals surface area contributed by atoms with Crippen LogP contribution >= 0.6 is 0 Å². The number of alkyl halides is 2. The number of rotatable bonds is 4. The van der Waals surface area contributed by atoms with Gasteiger partial charge in [-0.1, -0.05) is 0 Å². The second-order valence-corrected chi connectivity index (χ2v) is 2.51. The number of hydrogen-bond donors (Lipinski definition) is 1. The zero-order valence-electron chi connectivity index (χ0n) is 6.91. The molecule has 0 unspecified atom stereocenters. The number of amides is 1. The molecule has 0 radical (unpaired) electrons. The molecule has 1 rings (SSSR count). The average Bonchev–Trinajstić information content (AvgIpc) is 2.56. The zero-order valence-corrected chi connectivity index (χ0v) is 6.91. The van der Waals surface area contributed by atoms with E-state index in [0.717, 1.165) is 0 Å². The standard InChI is InChI=1S/C8H10F2N2O/c9-7(10)8(13)11-3-6-12-4-1-2-5-12/h1-2,4-5,7H,3,6H2,(H,11,13). The third kappa shape index (κ3) is 3.23. The summed E-state index contributed by atoms with van der Waals surface area (Å²) in [6, 6.07) is 3.66. The third-order valence-electron chi connectivity index (χ3n) is 1.53. The molecule has 3 nitrogen and oxygen atoms in total. The number of nitrogens with one attached hydrogen (secondary N) is 1. The van der Waals surface area contributed by atoms with Crippen LogP contribution in [0.5, 0.6) is 0 Å². The first-order chi connectivity index (χ1) is 6.20. The van der Waals surface area contributed by atoms with Crippen LogP contribution in [0.3, 0.4) is 0 Å². The molecule has 72 valence electrons. The van der Waals surface area contributed by atoms with Crippen molar-refractivity contribution >= 4 is 5.91 Å². The molecule has 1 aromatic rings. The third-order valence-corrected chi connectivity index (χ3v) is 1.53. The number of halogens is 2. The van der Waals surface area contributed by atoms with Gasteiger partial charge in [0.25, 0.3) is 5.91 Å². The van der Waals surface area contributed by atoms with Crippen LogP contribution in [0.4, 0.5) is 8.78 Å². The minimum atomic E-state index is -2.93. The van der Waals surface area contributed by atoms with Crippen molar-refractivity contribution in [3.63, 3.8) is 0 Å². The van der Waals surface area contributed by atoms with E-state index in [4.69, 9.17) is 0 Å². The van der Waals surface area contributed by atoms with Crippen molar-refractivity contribution in [3.8, 4) is 0 Å². The lowest BCUT2D eigenvalue weighted by molar-refractivity contribution is -0.131. The van der Waals surface area contributed by atoms with E-state index >= 15 is 0 Å². The number of aromatic nitrogens is 1. The lowest BCUT2D eigenvalue weighted by Gasteiger charge is -2.04. The largest absolute Gasteiger partial charge is 0.353 e. The zero-order chi connectivity index (χ0) is 9.68. The summed E-state index contributed by atoms with van der Waals surface area (Å²) in [5.74, 6) is -1.22. The molecule has 1 amide bonds. The first-order valence-corrected chi connectivity index (χ1v) is 3.87. The molecule has 1 aromatic heterocycles. The van der Waals surface area contributed by atoms with E-state index in [2.05, 4.69) is 5.32 Å². The summed E-state index contributed by atoms with van der Waals surface area (Å²) < 4.78 is 25.1. The highest BCUT2D eigenvalue weighted by molar-refractivity contribution is 5.78. The Kier molecular flexibility index (Phi) is 3.42. The Labute approximate surface area is 74.4 Å². The highest BCUT2D eigenvalue weighted by Gasteiger charge is 2.13. The van der Waals surface area contributed by atoms with Crippen LogP contribution in [0.1, 0.15) is 0 Å². The van der Waals surface area contributed by atoms with E-state index in [1.165, 1.54) is 0 Å². The Morgan fingerprint density at radius 2 is 2.00 bits per heavy atom. The molecule has 0 aliphatic rings. The fourth-order valence-electron chi connectivity index (χ4n) is 0.905. The van der Waals surface area contributed by atoms with Crippen LogP contribution in [0.25, 0.3) is 0 Å². The Balaban J connectivity index is 2.18. The van der Waals surface area contributed by atoms with Crippen LogP contribution in [0.2, 0.25) is 0 Å². The quantitative estimate of drug-likeness (QED) is 0.747. The Morgan fingerprint density at radius 1 is 1.38 bits per heavy atom. The lowest BCUT2D eigenvalue weighted by Crippen LogP contribution is -2.31. The van der Waals surface area contributed by atoms with Gasteiger partial charge >= 0.3 is 6.43 Å². The van der Waals surface area contributed by atoms with Gasteiger partial charge in [-0.05, 0) is 12.1 Å². The maximum absolute atomic E-state index is 11.7. The molecule has 0 aromatic carbocycles. The predicted molar refractivity (Wildman–Crippen MR) is 43.4 cm³/mol. The van der Waals surface area contributed by atoms with Crippen LogP contribution in [-0.4, -0.2) is 23.4 Å². The van der Waals surface area contributed by atoms with E-state index in [9.17, 15) is 13.6 Å². The molecule has 0 saturated carbocycles.